The molecule has 0 unspecified atom stereocenters. The normalized spacial score (nSPS) is 13.2. The van der Waals surface area contributed by atoms with Crippen LogP contribution in [0.25, 0.3) is 0 Å². The van der Waals surface area contributed by atoms with Gasteiger partial charge in [0, 0.05) is 18.5 Å². The van der Waals surface area contributed by atoms with E-state index in [1.165, 1.54) is 4.88 Å². The molecule has 0 spiro atoms. The molecule has 132 valence electrons. The molecule has 1 rings (SSSR count). The number of aliphatic imine (C=N–C) groups is 1. The second-order valence-electron chi connectivity index (χ2n) is 6.23. The third kappa shape index (κ3) is 6.43. The molecule has 8 heteroatoms. The highest BCUT2D eigenvalue weighted by Gasteiger charge is 2.28. The van der Waals surface area contributed by atoms with Gasteiger partial charge in [-0.1, -0.05) is 0 Å². The Bertz CT molecular complexity index is 633. The Morgan fingerprint density at radius 2 is 2.04 bits per heavy atom. The summed E-state index contributed by atoms with van der Waals surface area (Å²) in [7, 11) is -1.20. The maximum Gasteiger partial charge on any atom is 0.194 e. The second kappa shape index (κ2) is 8.48. The molecule has 1 N–H and O–H groups in total. The lowest BCUT2D eigenvalue weighted by atomic mass is 10.3. The minimum Gasteiger partial charge on any atom is -0.357 e. The van der Waals surface area contributed by atoms with Crippen molar-refractivity contribution in [3.05, 3.63) is 20.8 Å². The van der Waals surface area contributed by atoms with Gasteiger partial charge in [-0.15, -0.1) is 11.3 Å². The number of rotatable bonds is 6. The van der Waals surface area contributed by atoms with Crippen LogP contribution in [0.5, 0.6) is 0 Å². The highest BCUT2D eigenvalue weighted by atomic mass is 79.9. The molecular formula is C15H26BrN3O2S2. The summed E-state index contributed by atoms with van der Waals surface area (Å²) >= 11 is 5.14. The summed E-state index contributed by atoms with van der Waals surface area (Å²) < 4.78 is 24.7. The molecule has 0 amide bonds. The summed E-state index contributed by atoms with van der Waals surface area (Å²) in [6.45, 7) is 8.89. The topological polar surface area (TPSA) is 61.8 Å². The zero-order valence-corrected chi connectivity index (χ0v) is 17.6. The smallest absolute Gasteiger partial charge is 0.194 e. The molecule has 0 aliphatic heterocycles. The van der Waals surface area contributed by atoms with E-state index in [4.69, 9.17) is 0 Å². The van der Waals surface area contributed by atoms with Gasteiger partial charge in [0.25, 0.3) is 0 Å². The van der Waals surface area contributed by atoms with Gasteiger partial charge in [-0.2, -0.15) is 0 Å². The zero-order chi connectivity index (χ0) is 17.7. The van der Waals surface area contributed by atoms with Crippen LogP contribution in [0.2, 0.25) is 0 Å². The van der Waals surface area contributed by atoms with Crippen molar-refractivity contribution in [3.8, 4) is 0 Å². The van der Waals surface area contributed by atoms with Crippen molar-refractivity contribution in [2.45, 2.75) is 39.0 Å². The summed E-state index contributed by atoms with van der Waals surface area (Å²) in [6.07, 6.45) is 0. The molecule has 0 fully saturated rings. The quantitative estimate of drug-likeness (QED) is 0.563. The van der Waals surface area contributed by atoms with Gasteiger partial charge in [-0.05, 0) is 55.8 Å². The lowest BCUT2D eigenvalue weighted by molar-refractivity contribution is 0.482. The molecule has 23 heavy (non-hydrogen) atoms. The van der Waals surface area contributed by atoms with Crippen molar-refractivity contribution in [3.63, 3.8) is 0 Å². The number of sulfone groups is 1. The molecule has 1 aromatic rings. The van der Waals surface area contributed by atoms with E-state index in [2.05, 4.69) is 32.3 Å². The van der Waals surface area contributed by atoms with E-state index in [1.54, 1.807) is 32.1 Å². The Morgan fingerprint density at radius 3 is 2.52 bits per heavy atom. The number of guanidine groups is 1. The Kier molecular flexibility index (Phi) is 7.54. The molecule has 0 saturated carbocycles. The van der Waals surface area contributed by atoms with Crippen molar-refractivity contribution in [1.29, 1.82) is 0 Å². The van der Waals surface area contributed by atoms with Gasteiger partial charge in [0.15, 0.2) is 15.8 Å². The molecule has 0 bridgehead atoms. The van der Waals surface area contributed by atoms with Gasteiger partial charge in [-0.3, -0.25) is 4.99 Å². The fourth-order valence-corrected chi connectivity index (χ4v) is 4.27. The van der Waals surface area contributed by atoms with Gasteiger partial charge in [0.1, 0.15) is 0 Å². The number of nitrogens with zero attached hydrogens (tertiary/aromatic N) is 2. The van der Waals surface area contributed by atoms with Crippen LogP contribution in [0, 0.1) is 0 Å². The van der Waals surface area contributed by atoms with Gasteiger partial charge in [-0.25, -0.2) is 8.42 Å². The van der Waals surface area contributed by atoms with Gasteiger partial charge in [0.05, 0.1) is 27.4 Å². The first-order valence-corrected chi connectivity index (χ1v) is 10.8. The Hall–Kier alpha value is -0.600. The van der Waals surface area contributed by atoms with Crippen LogP contribution in [0.15, 0.2) is 20.9 Å². The fraction of sp³-hybridized carbons (Fsp3) is 0.667. The third-order valence-corrected chi connectivity index (χ3v) is 7.47. The summed E-state index contributed by atoms with van der Waals surface area (Å²) in [5.41, 5.74) is 0. The SMILES string of the molecule is CCNC(=NCCS(=O)(=O)C(C)(C)C)N(C)Cc1ccc(Br)s1. The molecular weight excluding hydrogens is 398 g/mol. The summed E-state index contributed by atoms with van der Waals surface area (Å²) in [5.74, 6) is 0.783. The van der Waals surface area contributed by atoms with E-state index >= 15 is 0 Å². The van der Waals surface area contributed by atoms with Crippen LogP contribution in [-0.2, 0) is 16.4 Å². The van der Waals surface area contributed by atoms with E-state index in [1.807, 2.05) is 24.9 Å². The molecule has 0 aromatic carbocycles. The van der Waals surface area contributed by atoms with E-state index < -0.39 is 14.6 Å². The maximum absolute atomic E-state index is 12.1. The van der Waals surface area contributed by atoms with Crippen molar-refractivity contribution in [2.75, 3.05) is 25.9 Å². The molecule has 0 saturated heterocycles. The highest BCUT2D eigenvalue weighted by molar-refractivity contribution is 9.11. The Labute approximate surface area is 152 Å². The number of hydrogen-bond donors (Lipinski definition) is 1. The Morgan fingerprint density at radius 1 is 1.39 bits per heavy atom. The summed E-state index contributed by atoms with van der Waals surface area (Å²) in [4.78, 5) is 7.68. The number of hydrogen-bond acceptors (Lipinski definition) is 4. The van der Waals surface area contributed by atoms with Crippen molar-refractivity contribution in [2.24, 2.45) is 4.99 Å². The monoisotopic (exact) mass is 423 g/mol. The van der Waals surface area contributed by atoms with Crippen LogP contribution in [0.1, 0.15) is 32.6 Å². The zero-order valence-electron chi connectivity index (χ0n) is 14.4. The van der Waals surface area contributed by atoms with Crippen LogP contribution in [-0.4, -0.2) is 49.9 Å². The molecule has 0 aliphatic carbocycles. The molecule has 1 heterocycles. The van der Waals surface area contributed by atoms with Gasteiger partial charge in [0.2, 0.25) is 0 Å². The van der Waals surface area contributed by atoms with Crippen LogP contribution in [0.3, 0.4) is 0 Å². The number of nitrogens with one attached hydrogen (secondary N) is 1. The molecule has 0 aliphatic rings. The number of thiophene rings is 1. The summed E-state index contributed by atoms with van der Waals surface area (Å²) in [5, 5.41) is 3.21. The van der Waals surface area contributed by atoms with Gasteiger partial charge < -0.3 is 10.2 Å². The summed E-state index contributed by atoms with van der Waals surface area (Å²) in [6, 6.07) is 4.09. The van der Waals surface area contributed by atoms with Gasteiger partial charge >= 0.3 is 0 Å². The first kappa shape index (κ1) is 20.4. The standard InChI is InChI=1S/C15H26BrN3O2S2/c1-6-17-14(18-9-10-23(20,21)15(2,3)4)19(5)11-12-7-8-13(16)22-12/h7-8H,6,9-11H2,1-5H3,(H,17,18). The van der Waals surface area contributed by atoms with Crippen LogP contribution >= 0.6 is 27.3 Å². The second-order valence-corrected chi connectivity index (χ2v) is 11.6. The average Bonchev–Trinajstić information content (AvgIpc) is 2.81. The minimum atomic E-state index is -3.15. The van der Waals surface area contributed by atoms with E-state index in [0.717, 1.165) is 22.8 Å². The maximum atomic E-state index is 12.1. The lowest BCUT2D eigenvalue weighted by Crippen LogP contribution is -2.39. The first-order chi connectivity index (χ1) is 10.6. The molecule has 1 aromatic heterocycles. The minimum absolute atomic E-state index is 0.0593. The van der Waals surface area contributed by atoms with Crippen LogP contribution < -0.4 is 5.32 Å². The molecule has 0 radical (unpaired) electrons. The first-order valence-electron chi connectivity index (χ1n) is 7.53. The lowest BCUT2D eigenvalue weighted by Gasteiger charge is -2.22. The van der Waals surface area contributed by atoms with Crippen LogP contribution in [0.4, 0.5) is 0 Å². The number of halogens is 1. The van der Waals surface area contributed by atoms with Crippen molar-refractivity contribution >= 4 is 43.1 Å². The molecule has 5 nitrogen and oxygen atoms in total. The van der Waals surface area contributed by atoms with Crippen molar-refractivity contribution < 1.29 is 8.42 Å². The van der Waals surface area contributed by atoms with E-state index in [-0.39, 0.29) is 12.3 Å². The van der Waals surface area contributed by atoms with E-state index in [0.29, 0.717) is 0 Å². The van der Waals surface area contributed by atoms with Crippen molar-refractivity contribution in [1.82, 2.24) is 10.2 Å². The molecule has 0 atom stereocenters. The highest BCUT2D eigenvalue weighted by Crippen LogP contribution is 2.23. The largest absolute Gasteiger partial charge is 0.357 e. The predicted molar refractivity (Wildman–Crippen MR) is 103 cm³/mol. The van der Waals surface area contributed by atoms with E-state index in [9.17, 15) is 8.42 Å². The predicted octanol–water partition coefficient (Wildman–Crippen LogP) is 3.12. The third-order valence-electron chi connectivity index (χ3n) is 3.27. The fourth-order valence-electron chi connectivity index (χ4n) is 1.79. The Balaban J connectivity index is 2.73. The average molecular weight is 424 g/mol.